The highest BCUT2D eigenvalue weighted by atomic mass is 32.2. The van der Waals surface area contributed by atoms with Gasteiger partial charge in [-0.1, -0.05) is 16.3 Å². The largest absolute Gasteiger partial charge is 0.465 e. The van der Waals surface area contributed by atoms with Gasteiger partial charge in [0.05, 0.1) is 12.8 Å². The van der Waals surface area contributed by atoms with Crippen LogP contribution in [-0.4, -0.2) is 27.4 Å². The van der Waals surface area contributed by atoms with Crippen molar-refractivity contribution >= 4 is 29.3 Å². The van der Waals surface area contributed by atoms with Crippen molar-refractivity contribution in [2.45, 2.75) is 23.3 Å². The highest BCUT2D eigenvalue weighted by Crippen LogP contribution is 2.25. The molecule has 1 atom stereocenters. The van der Waals surface area contributed by atoms with Crippen LogP contribution < -0.4 is 0 Å². The first-order chi connectivity index (χ1) is 6.24. The van der Waals surface area contributed by atoms with Crippen molar-refractivity contribution in [2.24, 2.45) is 0 Å². The minimum atomic E-state index is -0.194. The summed E-state index contributed by atoms with van der Waals surface area (Å²) in [4.78, 5) is 11.2. The molecular formula is C7H10N2O2S2. The Kier molecular flexibility index (Phi) is 4.17. The number of aromatic nitrogens is 2. The lowest BCUT2D eigenvalue weighted by Crippen LogP contribution is -2.16. The van der Waals surface area contributed by atoms with Gasteiger partial charge < -0.3 is 4.74 Å². The zero-order chi connectivity index (χ0) is 9.68. The molecule has 0 unspecified atom stereocenters. The summed E-state index contributed by atoms with van der Waals surface area (Å²) in [6.45, 7) is 4.02. The highest BCUT2D eigenvalue weighted by Gasteiger charge is 2.16. The predicted molar refractivity (Wildman–Crippen MR) is 51.9 cm³/mol. The van der Waals surface area contributed by atoms with E-state index in [1.807, 2.05) is 6.92 Å². The van der Waals surface area contributed by atoms with E-state index >= 15 is 0 Å². The number of carbonyl (C=O) groups excluding carboxylic acids is 1. The molecule has 1 heterocycles. The van der Waals surface area contributed by atoms with E-state index in [0.717, 1.165) is 4.21 Å². The molecule has 0 amide bonds. The second-order valence-electron chi connectivity index (χ2n) is 2.25. The highest BCUT2D eigenvalue weighted by molar-refractivity contribution is 8.02. The lowest BCUT2D eigenvalue weighted by atomic mass is 10.5. The molecule has 0 radical (unpaired) electrons. The number of esters is 1. The van der Waals surface area contributed by atoms with Crippen LogP contribution in [0.5, 0.6) is 0 Å². The van der Waals surface area contributed by atoms with Crippen LogP contribution in [0.25, 0.3) is 0 Å². The van der Waals surface area contributed by atoms with Crippen LogP contribution in [0, 0.1) is 0 Å². The molecule has 6 heteroatoms. The molecule has 1 rings (SSSR count). The van der Waals surface area contributed by atoms with Crippen molar-refractivity contribution in [1.82, 2.24) is 9.59 Å². The molecule has 0 aliphatic carbocycles. The Hall–Kier alpha value is -0.620. The topological polar surface area (TPSA) is 52.1 Å². The average molecular weight is 218 g/mol. The molecule has 0 saturated carbocycles. The Morgan fingerprint density at radius 3 is 3.15 bits per heavy atom. The second kappa shape index (κ2) is 5.18. The van der Waals surface area contributed by atoms with Gasteiger partial charge in [-0.2, -0.15) is 0 Å². The lowest BCUT2D eigenvalue weighted by molar-refractivity contribution is -0.142. The van der Waals surface area contributed by atoms with Gasteiger partial charge in [-0.05, 0) is 25.4 Å². The van der Waals surface area contributed by atoms with Gasteiger partial charge in [-0.3, -0.25) is 4.79 Å². The number of hydrogen-bond donors (Lipinski definition) is 0. The zero-order valence-electron chi connectivity index (χ0n) is 7.39. The Balaban J connectivity index is 2.41. The molecule has 13 heavy (non-hydrogen) atoms. The standard InChI is InChI=1S/C7H10N2O2S2/c1-3-11-7(10)5(2)12-6-4-8-9-13-6/h4-5H,3H2,1-2H3/t5-/m1/s1. The minimum Gasteiger partial charge on any atom is -0.465 e. The molecule has 0 aliphatic rings. The molecule has 4 nitrogen and oxygen atoms in total. The predicted octanol–water partition coefficient (Wildman–Crippen LogP) is 1.58. The number of hydrogen-bond acceptors (Lipinski definition) is 6. The third-order valence-corrected chi connectivity index (χ3v) is 3.11. The molecule has 0 aromatic carbocycles. The Labute approximate surface area is 84.8 Å². The van der Waals surface area contributed by atoms with Crippen LogP contribution in [0.15, 0.2) is 10.4 Å². The first-order valence-corrected chi connectivity index (χ1v) is 5.50. The van der Waals surface area contributed by atoms with Crippen molar-refractivity contribution in [3.8, 4) is 0 Å². The first kappa shape index (κ1) is 10.5. The Morgan fingerprint density at radius 2 is 2.62 bits per heavy atom. The molecule has 0 N–H and O–H groups in total. The first-order valence-electron chi connectivity index (χ1n) is 3.84. The third kappa shape index (κ3) is 3.31. The quantitative estimate of drug-likeness (QED) is 0.567. The minimum absolute atomic E-state index is 0.192. The molecule has 0 aliphatic heterocycles. The lowest BCUT2D eigenvalue weighted by Gasteiger charge is -2.07. The van der Waals surface area contributed by atoms with Gasteiger partial charge in [0.2, 0.25) is 0 Å². The summed E-state index contributed by atoms with van der Waals surface area (Å²) in [6, 6.07) is 0. The van der Waals surface area contributed by atoms with E-state index in [0.29, 0.717) is 6.61 Å². The van der Waals surface area contributed by atoms with Crippen LogP contribution in [0.1, 0.15) is 13.8 Å². The molecule has 72 valence electrons. The maximum absolute atomic E-state index is 11.2. The van der Waals surface area contributed by atoms with Crippen LogP contribution in [0.2, 0.25) is 0 Å². The van der Waals surface area contributed by atoms with Crippen molar-refractivity contribution in [1.29, 1.82) is 0 Å². The summed E-state index contributed by atoms with van der Waals surface area (Å²) < 4.78 is 9.49. The van der Waals surface area contributed by atoms with Crippen LogP contribution >= 0.6 is 23.3 Å². The number of thioether (sulfide) groups is 1. The Morgan fingerprint density at radius 1 is 1.85 bits per heavy atom. The summed E-state index contributed by atoms with van der Waals surface area (Å²) in [5, 5.41) is 3.48. The van der Waals surface area contributed by atoms with Gasteiger partial charge in [0.15, 0.2) is 0 Å². The summed E-state index contributed by atoms with van der Waals surface area (Å²) in [5.41, 5.74) is 0. The van der Waals surface area contributed by atoms with Crippen molar-refractivity contribution in [2.75, 3.05) is 6.61 Å². The van der Waals surface area contributed by atoms with E-state index < -0.39 is 0 Å². The van der Waals surface area contributed by atoms with E-state index in [1.54, 1.807) is 13.1 Å². The maximum atomic E-state index is 11.2. The third-order valence-electron chi connectivity index (χ3n) is 1.25. The summed E-state index contributed by atoms with van der Waals surface area (Å²) in [5.74, 6) is -0.194. The van der Waals surface area contributed by atoms with E-state index in [2.05, 4.69) is 9.59 Å². The normalized spacial score (nSPS) is 12.5. The summed E-state index contributed by atoms with van der Waals surface area (Å²) in [7, 11) is 0. The Bertz CT molecular complexity index is 263. The second-order valence-corrected chi connectivity index (χ2v) is 4.68. The van der Waals surface area contributed by atoms with E-state index in [4.69, 9.17) is 4.74 Å². The fraction of sp³-hybridized carbons (Fsp3) is 0.571. The number of rotatable bonds is 4. The zero-order valence-corrected chi connectivity index (χ0v) is 9.02. The van der Waals surface area contributed by atoms with E-state index in [1.165, 1.54) is 23.3 Å². The van der Waals surface area contributed by atoms with Gasteiger partial charge in [-0.15, -0.1) is 5.10 Å². The van der Waals surface area contributed by atoms with Gasteiger partial charge in [-0.25, -0.2) is 0 Å². The fourth-order valence-electron chi connectivity index (χ4n) is 0.692. The van der Waals surface area contributed by atoms with E-state index in [9.17, 15) is 4.79 Å². The molecular weight excluding hydrogens is 208 g/mol. The summed E-state index contributed by atoms with van der Waals surface area (Å²) in [6.07, 6.45) is 1.64. The van der Waals surface area contributed by atoms with Gasteiger partial charge in [0.25, 0.3) is 0 Å². The molecule has 1 aromatic heterocycles. The van der Waals surface area contributed by atoms with Crippen LogP contribution in [0.4, 0.5) is 0 Å². The number of nitrogens with zero attached hydrogens (tertiary/aromatic N) is 2. The van der Waals surface area contributed by atoms with Crippen molar-refractivity contribution in [3.63, 3.8) is 0 Å². The smallest absolute Gasteiger partial charge is 0.319 e. The van der Waals surface area contributed by atoms with Gasteiger partial charge in [0.1, 0.15) is 9.46 Å². The SMILES string of the molecule is CCOC(=O)[C@@H](C)Sc1cnns1. The molecule has 0 fully saturated rings. The fourth-order valence-corrected chi connectivity index (χ4v) is 2.29. The maximum Gasteiger partial charge on any atom is 0.319 e. The molecule has 1 aromatic rings. The van der Waals surface area contributed by atoms with E-state index in [-0.39, 0.29) is 11.2 Å². The number of ether oxygens (including phenoxy) is 1. The van der Waals surface area contributed by atoms with Crippen LogP contribution in [0.3, 0.4) is 0 Å². The average Bonchev–Trinajstić information content (AvgIpc) is 2.57. The monoisotopic (exact) mass is 218 g/mol. The van der Waals surface area contributed by atoms with Crippen LogP contribution in [-0.2, 0) is 9.53 Å². The molecule has 0 bridgehead atoms. The summed E-state index contributed by atoms with van der Waals surface area (Å²) >= 11 is 2.70. The van der Waals surface area contributed by atoms with Gasteiger partial charge in [0, 0.05) is 0 Å². The molecule has 0 saturated heterocycles. The molecule has 0 spiro atoms. The number of carbonyl (C=O) groups is 1. The van der Waals surface area contributed by atoms with Gasteiger partial charge >= 0.3 is 5.97 Å². The van der Waals surface area contributed by atoms with Crippen molar-refractivity contribution < 1.29 is 9.53 Å². The van der Waals surface area contributed by atoms with Crippen molar-refractivity contribution in [3.05, 3.63) is 6.20 Å².